The van der Waals surface area contributed by atoms with Crippen molar-refractivity contribution in [3.63, 3.8) is 0 Å². The molecule has 2 heterocycles. The number of nitrogens with two attached hydrogens (primary N) is 2. The second-order valence-electron chi connectivity index (χ2n) is 9.64. The first-order valence-corrected chi connectivity index (χ1v) is 12.9. The van der Waals surface area contributed by atoms with Crippen LogP contribution in [0, 0.1) is 0 Å². The number of nitrogen functional groups attached to an aromatic ring is 2. The number of nitrogens with one attached hydrogen (secondary N) is 2. The maximum absolute atomic E-state index is 12.7. The predicted molar refractivity (Wildman–Crippen MR) is 151 cm³/mol. The minimum Gasteiger partial charge on any atom is -0.481 e. The van der Waals surface area contributed by atoms with Crippen molar-refractivity contribution in [2.24, 2.45) is 4.99 Å². The summed E-state index contributed by atoms with van der Waals surface area (Å²) in [6.07, 6.45) is 0.900. The van der Waals surface area contributed by atoms with Crippen LogP contribution in [0.3, 0.4) is 0 Å². The molecule has 9 N–H and O–H groups in total. The van der Waals surface area contributed by atoms with Crippen molar-refractivity contribution in [3.8, 4) is 0 Å². The number of anilines is 3. The fraction of sp³-hybridized carbons (Fsp3) is 0.385. The highest BCUT2D eigenvalue weighted by Gasteiger charge is 2.26. The van der Waals surface area contributed by atoms with Crippen molar-refractivity contribution in [3.05, 3.63) is 35.4 Å². The molecule has 0 radical (unpaired) electrons. The quantitative estimate of drug-likeness (QED) is 0.149. The van der Waals surface area contributed by atoms with E-state index < -0.39 is 54.6 Å². The smallest absolute Gasteiger partial charge is 0.326 e. The van der Waals surface area contributed by atoms with Gasteiger partial charge in [0.05, 0.1) is 0 Å². The number of carboxylic acid groups (broad SMARTS) is 3. The van der Waals surface area contributed by atoms with Gasteiger partial charge < -0.3 is 42.3 Å². The summed E-state index contributed by atoms with van der Waals surface area (Å²) in [5.74, 6) is -4.73. The van der Waals surface area contributed by atoms with Crippen LogP contribution in [-0.2, 0) is 19.2 Å². The van der Waals surface area contributed by atoms with Gasteiger partial charge in [0.25, 0.3) is 5.91 Å². The van der Waals surface area contributed by atoms with Gasteiger partial charge in [-0.15, -0.1) is 0 Å². The molecule has 0 fully saturated rings. The number of carbonyl (C=O) groups excluding carboxylic acids is 2. The van der Waals surface area contributed by atoms with Gasteiger partial charge in [-0.25, -0.2) is 14.6 Å². The number of hydrogen-bond acceptors (Lipinski definition) is 11. The van der Waals surface area contributed by atoms with E-state index in [4.69, 9.17) is 21.7 Å². The van der Waals surface area contributed by atoms with E-state index in [0.717, 1.165) is 11.3 Å². The fourth-order valence-corrected chi connectivity index (χ4v) is 4.30. The normalized spacial score (nSPS) is 14.8. The average Bonchev–Trinajstić information content (AvgIpc) is 3.34. The SMILES string of the molecule is CN(CCC1C=Nc2nc(N)nc(N)c21)c1ccc(C(=O)N[C@@H](CCC(=O)N[C@@H](CCC(=O)O)C(=O)O)C(=O)O)cc1. The summed E-state index contributed by atoms with van der Waals surface area (Å²) in [6, 6.07) is 3.63. The molecule has 42 heavy (non-hydrogen) atoms. The number of carbonyl (C=O) groups is 5. The van der Waals surface area contributed by atoms with Crippen LogP contribution >= 0.6 is 0 Å². The lowest BCUT2D eigenvalue weighted by Crippen LogP contribution is -2.44. The summed E-state index contributed by atoms with van der Waals surface area (Å²) in [7, 11) is 1.87. The first-order chi connectivity index (χ1) is 19.8. The van der Waals surface area contributed by atoms with Crippen molar-refractivity contribution in [1.82, 2.24) is 20.6 Å². The molecule has 0 saturated heterocycles. The van der Waals surface area contributed by atoms with Crippen molar-refractivity contribution < 1.29 is 39.3 Å². The van der Waals surface area contributed by atoms with Gasteiger partial charge in [-0.1, -0.05) is 0 Å². The number of fused-ring (bicyclic) bond motifs is 1. The number of nitrogens with zero attached hydrogens (tertiary/aromatic N) is 4. The number of carboxylic acids is 3. The zero-order valence-corrected chi connectivity index (χ0v) is 22.7. The van der Waals surface area contributed by atoms with Crippen LogP contribution in [0.2, 0.25) is 0 Å². The van der Waals surface area contributed by atoms with Crippen molar-refractivity contribution >= 4 is 59.2 Å². The van der Waals surface area contributed by atoms with Gasteiger partial charge in [0, 0.05) is 55.4 Å². The largest absolute Gasteiger partial charge is 0.481 e. The van der Waals surface area contributed by atoms with Gasteiger partial charge in [-0.2, -0.15) is 9.97 Å². The maximum atomic E-state index is 12.7. The highest BCUT2D eigenvalue weighted by molar-refractivity contribution is 5.97. The van der Waals surface area contributed by atoms with E-state index in [-0.39, 0.29) is 30.3 Å². The molecule has 1 aromatic carbocycles. The topological polar surface area (TPSA) is 264 Å². The lowest BCUT2D eigenvalue weighted by molar-refractivity contribution is -0.143. The molecule has 1 unspecified atom stereocenters. The number of aliphatic carboxylic acids is 3. The number of rotatable bonds is 15. The van der Waals surface area contributed by atoms with Crippen LogP contribution < -0.4 is 27.0 Å². The second-order valence-corrected chi connectivity index (χ2v) is 9.64. The average molecular weight is 585 g/mol. The third-order valence-corrected chi connectivity index (χ3v) is 6.61. The molecule has 16 heteroatoms. The van der Waals surface area contributed by atoms with Crippen LogP contribution in [0.25, 0.3) is 0 Å². The van der Waals surface area contributed by atoms with E-state index in [2.05, 4.69) is 25.6 Å². The molecule has 2 aromatic rings. The Hall–Kier alpha value is -5.28. The van der Waals surface area contributed by atoms with Gasteiger partial charge >= 0.3 is 17.9 Å². The summed E-state index contributed by atoms with van der Waals surface area (Å²) >= 11 is 0. The Bertz CT molecular complexity index is 1380. The molecule has 1 aliphatic heterocycles. The zero-order valence-electron chi connectivity index (χ0n) is 22.7. The monoisotopic (exact) mass is 584 g/mol. The van der Waals surface area contributed by atoms with Crippen molar-refractivity contribution in [2.45, 2.75) is 50.1 Å². The van der Waals surface area contributed by atoms with Crippen LogP contribution in [0.15, 0.2) is 29.3 Å². The summed E-state index contributed by atoms with van der Waals surface area (Å²) in [4.78, 5) is 72.8. The molecule has 0 saturated carbocycles. The Morgan fingerprint density at radius 1 is 0.929 bits per heavy atom. The molecule has 0 bridgehead atoms. The molecule has 3 atom stereocenters. The first-order valence-electron chi connectivity index (χ1n) is 12.9. The molecular formula is C26H32N8O8. The van der Waals surface area contributed by atoms with Gasteiger partial charge in [0.15, 0.2) is 5.82 Å². The molecule has 16 nitrogen and oxygen atoms in total. The number of aromatic nitrogens is 2. The summed E-state index contributed by atoms with van der Waals surface area (Å²) in [5.41, 5.74) is 13.4. The summed E-state index contributed by atoms with van der Waals surface area (Å²) < 4.78 is 0. The Balaban J connectivity index is 1.52. The molecule has 0 spiro atoms. The minimum absolute atomic E-state index is 0.0595. The predicted octanol–water partition coefficient (Wildman–Crippen LogP) is 0.364. The van der Waals surface area contributed by atoms with Crippen molar-refractivity contribution in [1.29, 1.82) is 0 Å². The Labute approximate surface area is 239 Å². The van der Waals surface area contributed by atoms with Crippen LogP contribution in [0.5, 0.6) is 0 Å². The van der Waals surface area contributed by atoms with Gasteiger partial charge in [-0.05, 0) is 43.5 Å². The highest BCUT2D eigenvalue weighted by Crippen LogP contribution is 2.36. The fourth-order valence-electron chi connectivity index (χ4n) is 4.30. The van der Waals surface area contributed by atoms with Gasteiger partial charge in [0.2, 0.25) is 11.9 Å². The van der Waals surface area contributed by atoms with Gasteiger partial charge in [-0.3, -0.25) is 14.4 Å². The Kier molecular flexibility index (Phi) is 10.3. The number of hydrogen-bond donors (Lipinski definition) is 7. The van der Waals surface area contributed by atoms with E-state index in [9.17, 15) is 29.1 Å². The third kappa shape index (κ3) is 8.36. The maximum Gasteiger partial charge on any atom is 0.326 e. The van der Waals surface area contributed by atoms with Crippen LogP contribution in [0.1, 0.15) is 53.9 Å². The van der Waals surface area contributed by atoms with Gasteiger partial charge in [0.1, 0.15) is 17.9 Å². The lowest BCUT2D eigenvalue weighted by atomic mass is 9.99. The first kappa shape index (κ1) is 31.3. The standard InChI is InChI=1S/C26H32N8O8/c1-34(11-10-14-12-29-22-20(14)21(27)32-26(28)33-22)15-4-2-13(3-5-15)23(38)31-17(25(41)42)6-8-18(35)30-16(24(39)40)7-9-19(36)37/h2-5,12,14,16-17H,6-11H2,1H3,(H,30,35)(H,31,38)(H,36,37)(H,39,40)(H,41,42)(H4,27,28,32,33)/t14?,16-,17-/m0/s1. The number of benzene rings is 1. The van der Waals surface area contributed by atoms with E-state index in [1.54, 1.807) is 18.3 Å². The molecule has 2 amide bonds. The van der Waals surface area contributed by atoms with E-state index in [1.165, 1.54) is 12.1 Å². The zero-order chi connectivity index (χ0) is 31.0. The van der Waals surface area contributed by atoms with Crippen molar-refractivity contribution in [2.75, 3.05) is 30.0 Å². The molecule has 1 aliphatic rings. The minimum atomic E-state index is -1.43. The third-order valence-electron chi connectivity index (χ3n) is 6.61. The lowest BCUT2D eigenvalue weighted by Gasteiger charge is -2.21. The molecule has 224 valence electrons. The molecule has 1 aromatic heterocycles. The molecule has 0 aliphatic carbocycles. The van der Waals surface area contributed by atoms with Crippen LogP contribution in [-0.4, -0.2) is 86.9 Å². The Morgan fingerprint density at radius 2 is 1.55 bits per heavy atom. The summed E-state index contributed by atoms with van der Waals surface area (Å²) in [6.45, 7) is 0.605. The van der Waals surface area contributed by atoms with E-state index in [0.29, 0.717) is 24.6 Å². The highest BCUT2D eigenvalue weighted by atomic mass is 16.4. The second kappa shape index (κ2) is 13.9. The molecular weight excluding hydrogens is 552 g/mol. The Morgan fingerprint density at radius 3 is 2.17 bits per heavy atom. The number of aliphatic imine (C=N–C) groups is 1. The van der Waals surface area contributed by atoms with E-state index in [1.807, 2.05) is 11.9 Å². The summed E-state index contributed by atoms with van der Waals surface area (Å²) in [5, 5.41) is 31.9. The van der Waals surface area contributed by atoms with E-state index >= 15 is 0 Å². The molecule has 3 rings (SSSR count). The number of amides is 2. The van der Waals surface area contributed by atoms with Crippen LogP contribution in [0.4, 0.5) is 23.3 Å².